The molecule has 6 nitrogen and oxygen atoms in total. The van der Waals surface area contributed by atoms with Crippen molar-refractivity contribution in [3.05, 3.63) is 48.0 Å². The van der Waals surface area contributed by atoms with Crippen molar-refractivity contribution in [1.29, 1.82) is 0 Å². The molecule has 6 heteroatoms. The van der Waals surface area contributed by atoms with Gasteiger partial charge < -0.3 is 18.9 Å². The third-order valence-electron chi connectivity index (χ3n) is 3.21. The molecule has 0 saturated carbocycles. The van der Waals surface area contributed by atoms with Crippen LogP contribution in [0.15, 0.2) is 42.5 Å². The van der Waals surface area contributed by atoms with Gasteiger partial charge in [0.25, 0.3) is 0 Å². The number of esters is 1. The zero-order valence-corrected chi connectivity index (χ0v) is 13.0. The van der Waals surface area contributed by atoms with E-state index in [0.717, 1.165) is 5.56 Å². The minimum Gasteiger partial charge on any atom is -0.463 e. The second-order valence-electron chi connectivity index (χ2n) is 4.93. The topological polar surface area (TPSA) is 71.1 Å². The summed E-state index contributed by atoms with van der Waals surface area (Å²) in [5.74, 6) is -0.477. The van der Waals surface area contributed by atoms with Crippen LogP contribution in [-0.2, 0) is 30.3 Å². The Balaban J connectivity index is 1.76. The van der Waals surface area contributed by atoms with Gasteiger partial charge in [0.1, 0.15) is 6.10 Å². The van der Waals surface area contributed by atoms with Crippen molar-refractivity contribution in [2.75, 3.05) is 13.2 Å². The van der Waals surface area contributed by atoms with Crippen LogP contribution >= 0.6 is 0 Å². The van der Waals surface area contributed by atoms with Gasteiger partial charge in [-0.1, -0.05) is 30.3 Å². The number of carbonyl (C=O) groups is 2. The van der Waals surface area contributed by atoms with E-state index < -0.39 is 24.3 Å². The number of hydrogen-bond donors (Lipinski definition) is 0. The van der Waals surface area contributed by atoms with Gasteiger partial charge >= 0.3 is 12.1 Å². The molecule has 1 fully saturated rings. The number of ether oxygens (including phenoxy) is 4. The van der Waals surface area contributed by atoms with Crippen LogP contribution in [0.4, 0.5) is 4.79 Å². The molecule has 0 unspecified atom stereocenters. The predicted octanol–water partition coefficient (Wildman–Crippen LogP) is 2.62. The normalized spacial score (nSPS) is 20.3. The lowest BCUT2D eigenvalue weighted by Gasteiger charge is -2.12. The number of cyclic esters (lactones) is 2. The van der Waals surface area contributed by atoms with Crippen molar-refractivity contribution in [1.82, 2.24) is 0 Å². The van der Waals surface area contributed by atoms with E-state index in [1.54, 1.807) is 6.92 Å². The zero-order chi connectivity index (χ0) is 16.5. The van der Waals surface area contributed by atoms with E-state index in [-0.39, 0.29) is 0 Å². The monoisotopic (exact) mass is 320 g/mol. The Morgan fingerprint density at radius 1 is 1.26 bits per heavy atom. The first-order valence-corrected chi connectivity index (χ1v) is 7.53. The second kappa shape index (κ2) is 8.95. The molecule has 1 aromatic rings. The molecule has 1 saturated heterocycles. The molecule has 0 aliphatic carbocycles. The van der Waals surface area contributed by atoms with E-state index in [0.29, 0.717) is 26.2 Å². The van der Waals surface area contributed by atoms with Crippen LogP contribution in [0.25, 0.3) is 0 Å². The lowest BCUT2D eigenvalue weighted by molar-refractivity contribution is -0.137. The lowest BCUT2D eigenvalue weighted by Crippen LogP contribution is -2.22. The summed E-state index contributed by atoms with van der Waals surface area (Å²) < 4.78 is 20.4. The Labute approximate surface area is 135 Å². The number of rotatable bonds is 8. The van der Waals surface area contributed by atoms with Gasteiger partial charge in [0.2, 0.25) is 0 Å². The highest BCUT2D eigenvalue weighted by molar-refractivity contribution is 5.82. The summed E-state index contributed by atoms with van der Waals surface area (Å²) in [6, 6.07) is 9.79. The third-order valence-corrected chi connectivity index (χ3v) is 3.21. The molecule has 1 aliphatic rings. The average Bonchev–Trinajstić information content (AvgIpc) is 2.91. The second-order valence-corrected chi connectivity index (χ2v) is 4.93. The Morgan fingerprint density at radius 2 is 2.04 bits per heavy atom. The summed E-state index contributed by atoms with van der Waals surface area (Å²) in [7, 11) is 0. The molecule has 0 aromatic heterocycles. The van der Waals surface area contributed by atoms with Gasteiger partial charge in [-0.2, -0.15) is 0 Å². The Bertz CT molecular complexity index is 539. The SMILES string of the molecule is CCOC(=O)/C=C/[C@@H]1OC(=O)O[C@H]1CCOCc1ccccc1. The first-order chi connectivity index (χ1) is 11.2. The molecule has 0 spiro atoms. The number of carbonyl (C=O) groups excluding carboxylic acids is 2. The van der Waals surface area contributed by atoms with Crippen LogP contribution in [0.2, 0.25) is 0 Å². The highest BCUT2D eigenvalue weighted by Crippen LogP contribution is 2.19. The Kier molecular flexibility index (Phi) is 6.62. The van der Waals surface area contributed by atoms with E-state index in [4.69, 9.17) is 18.9 Å². The maximum Gasteiger partial charge on any atom is 0.509 e. The van der Waals surface area contributed by atoms with Crippen molar-refractivity contribution in [3.63, 3.8) is 0 Å². The highest BCUT2D eigenvalue weighted by atomic mass is 16.8. The molecule has 0 radical (unpaired) electrons. The average molecular weight is 320 g/mol. The van der Waals surface area contributed by atoms with Crippen molar-refractivity contribution < 1.29 is 28.5 Å². The summed E-state index contributed by atoms with van der Waals surface area (Å²) in [5, 5.41) is 0. The van der Waals surface area contributed by atoms with Crippen molar-refractivity contribution in [2.24, 2.45) is 0 Å². The summed E-state index contributed by atoms with van der Waals surface area (Å²) >= 11 is 0. The van der Waals surface area contributed by atoms with Crippen LogP contribution in [0, 0.1) is 0 Å². The molecular weight excluding hydrogens is 300 g/mol. The van der Waals surface area contributed by atoms with E-state index in [9.17, 15) is 9.59 Å². The van der Waals surface area contributed by atoms with Gasteiger partial charge in [-0.05, 0) is 18.6 Å². The van der Waals surface area contributed by atoms with Gasteiger partial charge in [-0.15, -0.1) is 0 Å². The molecule has 0 bridgehead atoms. The van der Waals surface area contributed by atoms with Gasteiger partial charge in [0, 0.05) is 12.5 Å². The highest BCUT2D eigenvalue weighted by Gasteiger charge is 2.34. The Hall–Kier alpha value is -2.34. The molecule has 1 aromatic carbocycles. The van der Waals surface area contributed by atoms with Crippen molar-refractivity contribution in [3.8, 4) is 0 Å². The molecule has 1 aliphatic heterocycles. The molecule has 0 N–H and O–H groups in total. The molecule has 124 valence electrons. The molecular formula is C17H20O6. The van der Waals surface area contributed by atoms with E-state index >= 15 is 0 Å². The number of benzene rings is 1. The molecule has 1 heterocycles. The predicted molar refractivity (Wildman–Crippen MR) is 81.6 cm³/mol. The molecule has 2 atom stereocenters. The van der Waals surface area contributed by atoms with Gasteiger partial charge in [0.15, 0.2) is 6.10 Å². The van der Waals surface area contributed by atoms with Gasteiger partial charge in [-0.3, -0.25) is 0 Å². The number of hydrogen-bond acceptors (Lipinski definition) is 6. The molecule has 0 amide bonds. The van der Waals surface area contributed by atoms with Gasteiger partial charge in [0.05, 0.1) is 19.8 Å². The maximum atomic E-state index is 11.3. The molecule has 2 rings (SSSR count). The lowest BCUT2D eigenvalue weighted by atomic mass is 10.1. The van der Waals surface area contributed by atoms with Crippen LogP contribution in [0.3, 0.4) is 0 Å². The first kappa shape index (κ1) is 17.0. The van der Waals surface area contributed by atoms with Crippen molar-refractivity contribution in [2.45, 2.75) is 32.2 Å². The maximum absolute atomic E-state index is 11.3. The Morgan fingerprint density at radius 3 is 2.78 bits per heavy atom. The van der Waals surface area contributed by atoms with Crippen molar-refractivity contribution >= 4 is 12.1 Å². The van der Waals surface area contributed by atoms with E-state index in [1.165, 1.54) is 12.2 Å². The summed E-state index contributed by atoms with van der Waals surface area (Å²) in [6.45, 7) is 2.92. The van der Waals surface area contributed by atoms with Crippen LogP contribution in [0.1, 0.15) is 18.9 Å². The third kappa shape index (κ3) is 5.75. The fourth-order valence-electron chi connectivity index (χ4n) is 2.12. The van der Waals surface area contributed by atoms with Crippen LogP contribution in [0.5, 0.6) is 0 Å². The smallest absolute Gasteiger partial charge is 0.463 e. The minimum atomic E-state index is -0.739. The summed E-state index contributed by atoms with van der Waals surface area (Å²) in [6.07, 6.45) is 1.39. The minimum absolute atomic E-state index is 0.293. The first-order valence-electron chi connectivity index (χ1n) is 7.53. The van der Waals surface area contributed by atoms with E-state index in [2.05, 4.69) is 0 Å². The van der Waals surface area contributed by atoms with Crippen LogP contribution in [-0.4, -0.2) is 37.5 Å². The summed E-state index contributed by atoms with van der Waals surface area (Å²) in [5.41, 5.74) is 1.07. The van der Waals surface area contributed by atoms with Gasteiger partial charge in [-0.25, -0.2) is 9.59 Å². The quantitative estimate of drug-likeness (QED) is 0.416. The summed E-state index contributed by atoms with van der Waals surface area (Å²) in [4.78, 5) is 22.5. The van der Waals surface area contributed by atoms with Crippen LogP contribution < -0.4 is 0 Å². The zero-order valence-electron chi connectivity index (χ0n) is 13.0. The standard InChI is InChI=1S/C17H20O6/c1-2-21-16(18)9-8-14-15(23-17(19)22-14)10-11-20-12-13-6-4-3-5-7-13/h3-9,14-15H,2,10-12H2,1H3/b9-8+/t14-,15-/m0/s1. The largest absolute Gasteiger partial charge is 0.509 e. The molecule has 23 heavy (non-hydrogen) atoms. The fourth-order valence-corrected chi connectivity index (χ4v) is 2.12. The fraction of sp³-hybridized carbons (Fsp3) is 0.412. The van der Waals surface area contributed by atoms with E-state index in [1.807, 2.05) is 30.3 Å².